The van der Waals surface area contributed by atoms with Crippen LogP contribution >= 0.6 is 11.5 Å². The Labute approximate surface area is 119 Å². The fraction of sp³-hybridized carbons (Fsp3) is 0.308. The maximum Gasteiger partial charge on any atom is 0.276 e. The number of carbonyl (C=O) groups is 1. The maximum atomic E-state index is 12.5. The van der Waals surface area contributed by atoms with Gasteiger partial charge in [0.2, 0.25) is 0 Å². The summed E-state index contributed by atoms with van der Waals surface area (Å²) in [5, 5.41) is 15.1. The van der Waals surface area contributed by atoms with E-state index in [-0.39, 0.29) is 12.5 Å². The Morgan fingerprint density at radius 1 is 1.50 bits per heavy atom. The number of aliphatic hydroxyl groups is 1. The van der Waals surface area contributed by atoms with Crippen molar-refractivity contribution < 1.29 is 14.6 Å². The third-order valence-corrected chi connectivity index (χ3v) is 3.76. The van der Waals surface area contributed by atoms with Crippen LogP contribution in [0.15, 0.2) is 29.6 Å². The molecule has 104 valence electrons. The van der Waals surface area contributed by atoms with E-state index in [1.807, 2.05) is 24.3 Å². The molecule has 2 aromatic rings. The standard InChI is InChI=1S/C13H13N3O3S/c17-7-11-9-3-1-2-4-12(9)19-6-5-16(11)13(18)10-8-20-15-14-10/h1-4,8,11,17H,5-7H2. The van der Waals surface area contributed by atoms with E-state index >= 15 is 0 Å². The lowest BCUT2D eigenvalue weighted by molar-refractivity contribution is 0.0579. The van der Waals surface area contributed by atoms with Gasteiger partial charge in [-0.05, 0) is 17.6 Å². The van der Waals surface area contributed by atoms with Crippen molar-refractivity contribution in [1.29, 1.82) is 0 Å². The van der Waals surface area contributed by atoms with Crippen LogP contribution in [-0.4, -0.2) is 45.3 Å². The Hall–Kier alpha value is -1.99. The summed E-state index contributed by atoms with van der Waals surface area (Å²) in [6.45, 7) is 0.622. The molecule has 7 heteroatoms. The summed E-state index contributed by atoms with van der Waals surface area (Å²) in [5.74, 6) is 0.469. The molecule has 1 N–H and O–H groups in total. The second-order valence-electron chi connectivity index (χ2n) is 4.37. The maximum absolute atomic E-state index is 12.5. The molecule has 0 radical (unpaired) electrons. The highest BCUT2D eigenvalue weighted by Crippen LogP contribution is 2.32. The third kappa shape index (κ3) is 2.25. The predicted molar refractivity (Wildman–Crippen MR) is 72.7 cm³/mol. The van der Waals surface area contributed by atoms with Crippen molar-refractivity contribution in [2.24, 2.45) is 0 Å². The molecular formula is C13H13N3O3S. The first-order valence-corrected chi connectivity index (χ1v) is 7.05. The van der Waals surface area contributed by atoms with Crippen LogP contribution in [0.1, 0.15) is 22.1 Å². The quantitative estimate of drug-likeness (QED) is 0.897. The van der Waals surface area contributed by atoms with Gasteiger partial charge in [-0.2, -0.15) is 0 Å². The zero-order valence-corrected chi connectivity index (χ0v) is 11.4. The number of benzene rings is 1. The number of fused-ring (bicyclic) bond motifs is 1. The van der Waals surface area contributed by atoms with Gasteiger partial charge in [-0.15, -0.1) is 5.10 Å². The van der Waals surface area contributed by atoms with Gasteiger partial charge in [0.15, 0.2) is 5.69 Å². The summed E-state index contributed by atoms with van der Waals surface area (Å²) in [4.78, 5) is 14.0. The minimum Gasteiger partial charge on any atom is -0.491 e. The SMILES string of the molecule is O=C(c1csnn1)N1CCOc2ccccc2C1CO. The highest BCUT2D eigenvalue weighted by Gasteiger charge is 2.31. The lowest BCUT2D eigenvalue weighted by atomic mass is 10.0. The number of para-hydroxylation sites is 1. The van der Waals surface area contributed by atoms with E-state index < -0.39 is 6.04 Å². The van der Waals surface area contributed by atoms with Crippen LogP contribution in [0, 0.1) is 0 Å². The first-order chi connectivity index (χ1) is 9.81. The molecule has 1 aliphatic rings. The lowest BCUT2D eigenvalue weighted by Gasteiger charge is -2.27. The highest BCUT2D eigenvalue weighted by molar-refractivity contribution is 7.03. The molecule has 3 rings (SSSR count). The van der Waals surface area contributed by atoms with Gasteiger partial charge in [-0.3, -0.25) is 4.79 Å². The number of aromatic nitrogens is 2. The third-order valence-electron chi connectivity index (χ3n) is 3.26. The Bertz CT molecular complexity index is 603. The monoisotopic (exact) mass is 291 g/mol. The summed E-state index contributed by atoms with van der Waals surface area (Å²) in [5.41, 5.74) is 1.11. The van der Waals surface area contributed by atoms with E-state index in [0.29, 0.717) is 24.6 Å². The molecule has 2 heterocycles. The average Bonchev–Trinajstić information content (AvgIpc) is 2.94. The Kier molecular flexibility index (Phi) is 3.62. The van der Waals surface area contributed by atoms with E-state index in [9.17, 15) is 9.90 Å². The van der Waals surface area contributed by atoms with Crippen molar-refractivity contribution in [3.8, 4) is 5.75 Å². The molecule has 1 aliphatic heterocycles. The van der Waals surface area contributed by atoms with Crippen LogP contribution in [0.4, 0.5) is 0 Å². The molecule has 0 fully saturated rings. The molecule has 1 unspecified atom stereocenters. The average molecular weight is 291 g/mol. The van der Waals surface area contributed by atoms with Crippen LogP contribution in [0.2, 0.25) is 0 Å². The normalized spacial score (nSPS) is 18.1. The summed E-state index contributed by atoms with van der Waals surface area (Å²) < 4.78 is 9.35. The molecule has 0 aliphatic carbocycles. The number of rotatable bonds is 2. The molecule has 0 saturated carbocycles. The fourth-order valence-corrected chi connectivity index (χ4v) is 2.74. The van der Waals surface area contributed by atoms with Crippen molar-refractivity contribution in [3.63, 3.8) is 0 Å². The van der Waals surface area contributed by atoms with Crippen LogP contribution in [0.5, 0.6) is 5.75 Å². The number of hydrogen-bond donors (Lipinski definition) is 1. The van der Waals surface area contributed by atoms with Gasteiger partial charge in [0, 0.05) is 10.9 Å². The number of carbonyl (C=O) groups excluding carboxylic acids is 1. The Morgan fingerprint density at radius 3 is 3.10 bits per heavy atom. The molecule has 0 bridgehead atoms. The Morgan fingerprint density at radius 2 is 2.35 bits per heavy atom. The van der Waals surface area contributed by atoms with Gasteiger partial charge in [-0.25, -0.2) is 0 Å². The van der Waals surface area contributed by atoms with Crippen LogP contribution in [0.25, 0.3) is 0 Å². The van der Waals surface area contributed by atoms with Gasteiger partial charge < -0.3 is 14.7 Å². The molecule has 1 aromatic carbocycles. The highest BCUT2D eigenvalue weighted by atomic mass is 32.1. The first-order valence-electron chi connectivity index (χ1n) is 6.22. The van der Waals surface area contributed by atoms with E-state index in [0.717, 1.165) is 17.1 Å². The molecular weight excluding hydrogens is 278 g/mol. The number of ether oxygens (including phenoxy) is 1. The van der Waals surface area contributed by atoms with Crippen molar-refractivity contribution in [2.75, 3.05) is 19.8 Å². The largest absolute Gasteiger partial charge is 0.491 e. The topological polar surface area (TPSA) is 75.6 Å². The number of nitrogens with zero attached hydrogens (tertiary/aromatic N) is 3. The molecule has 1 atom stereocenters. The van der Waals surface area contributed by atoms with Crippen molar-refractivity contribution in [2.45, 2.75) is 6.04 Å². The molecule has 0 saturated heterocycles. The van der Waals surface area contributed by atoms with Gasteiger partial charge in [-0.1, -0.05) is 22.7 Å². The predicted octanol–water partition coefficient (Wildman–Crippen LogP) is 1.11. The molecule has 1 amide bonds. The van der Waals surface area contributed by atoms with Crippen molar-refractivity contribution in [3.05, 3.63) is 40.9 Å². The van der Waals surface area contributed by atoms with E-state index in [4.69, 9.17) is 4.74 Å². The van der Waals surface area contributed by atoms with E-state index in [2.05, 4.69) is 9.59 Å². The second-order valence-corrected chi connectivity index (χ2v) is 4.98. The lowest BCUT2D eigenvalue weighted by Crippen LogP contribution is -2.38. The fourth-order valence-electron chi connectivity index (χ4n) is 2.31. The zero-order valence-electron chi connectivity index (χ0n) is 10.6. The first kappa shape index (κ1) is 13.0. The molecule has 6 nitrogen and oxygen atoms in total. The summed E-state index contributed by atoms with van der Waals surface area (Å²) >= 11 is 1.13. The molecule has 0 spiro atoms. The smallest absolute Gasteiger partial charge is 0.276 e. The zero-order chi connectivity index (χ0) is 13.9. The van der Waals surface area contributed by atoms with Gasteiger partial charge in [0.05, 0.1) is 19.2 Å². The number of hydrogen-bond acceptors (Lipinski definition) is 6. The minimum atomic E-state index is -0.428. The summed E-state index contributed by atoms with van der Waals surface area (Å²) in [6, 6.07) is 7.01. The molecule has 20 heavy (non-hydrogen) atoms. The minimum absolute atomic E-state index is 0.163. The van der Waals surface area contributed by atoms with Crippen LogP contribution in [0.3, 0.4) is 0 Å². The van der Waals surface area contributed by atoms with Gasteiger partial charge >= 0.3 is 0 Å². The second kappa shape index (κ2) is 5.56. The van der Waals surface area contributed by atoms with Gasteiger partial charge in [0.1, 0.15) is 12.4 Å². The van der Waals surface area contributed by atoms with E-state index in [1.54, 1.807) is 10.3 Å². The Balaban J connectivity index is 1.97. The number of amides is 1. The van der Waals surface area contributed by atoms with Crippen molar-refractivity contribution >= 4 is 17.4 Å². The summed E-state index contributed by atoms with van der Waals surface area (Å²) in [7, 11) is 0. The van der Waals surface area contributed by atoms with E-state index in [1.165, 1.54) is 0 Å². The van der Waals surface area contributed by atoms with Crippen LogP contribution in [-0.2, 0) is 0 Å². The molecule has 1 aromatic heterocycles. The summed E-state index contributed by atoms with van der Waals surface area (Å²) in [6.07, 6.45) is 0. The van der Waals surface area contributed by atoms with Crippen molar-refractivity contribution in [1.82, 2.24) is 14.5 Å². The van der Waals surface area contributed by atoms with Crippen LogP contribution < -0.4 is 4.74 Å². The number of aliphatic hydroxyl groups excluding tert-OH is 1. The van der Waals surface area contributed by atoms with Gasteiger partial charge in [0.25, 0.3) is 5.91 Å².